The van der Waals surface area contributed by atoms with Gasteiger partial charge in [0.15, 0.2) is 5.43 Å². The number of amides is 1. The van der Waals surface area contributed by atoms with Gasteiger partial charge in [-0.2, -0.15) is 0 Å². The molecule has 0 bridgehead atoms. The smallest absolute Gasteiger partial charge is 0.230 e. The van der Waals surface area contributed by atoms with Crippen molar-refractivity contribution in [2.24, 2.45) is 5.73 Å². The summed E-state index contributed by atoms with van der Waals surface area (Å²) in [5.41, 5.74) is 6.36. The van der Waals surface area contributed by atoms with Gasteiger partial charge in [-0.05, 0) is 24.6 Å². The Morgan fingerprint density at radius 1 is 1.55 bits per heavy atom. The van der Waals surface area contributed by atoms with Crippen LogP contribution >= 0.6 is 0 Å². The van der Waals surface area contributed by atoms with Gasteiger partial charge in [0.1, 0.15) is 5.82 Å². The summed E-state index contributed by atoms with van der Waals surface area (Å²) in [6.45, 7) is 5.37. The van der Waals surface area contributed by atoms with E-state index in [0.717, 1.165) is 0 Å². The van der Waals surface area contributed by atoms with Gasteiger partial charge in [-0.25, -0.2) is 4.39 Å². The van der Waals surface area contributed by atoms with Crippen molar-refractivity contribution in [1.82, 2.24) is 4.98 Å². The first-order chi connectivity index (χ1) is 9.49. The molecule has 104 valence electrons. The molecule has 0 aliphatic rings. The Hall–Kier alpha value is -2.43. The number of hydrogen-bond acceptors (Lipinski definition) is 2. The number of H-pyrrole nitrogens is 1. The van der Waals surface area contributed by atoms with Crippen LogP contribution in [0.5, 0.6) is 0 Å². The summed E-state index contributed by atoms with van der Waals surface area (Å²) < 4.78 is 13.3. The molecule has 0 radical (unpaired) electrons. The lowest BCUT2D eigenvalue weighted by molar-refractivity contribution is -0.118. The first kappa shape index (κ1) is 14.0. The van der Waals surface area contributed by atoms with Crippen LogP contribution in [0.3, 0.4) is 0 Å². The predicted octanol–water partition coefficient (Wildman–Crippen LogP) is 1.98. The predicted molar refractivity (Wildman–Crippen MR) is 76.0 cm³/mol. The van der Waals surface area contributed by atoms with Crippen LogP contribution in [0.2, 0.25) is 0 Å². The van der Waals surface area contributed by atoms with E-state index in [9.17, 15) is 14.0 Å². The van der Waals surface area contributed by atoms with Crippen LogP contribution in [0.1, 0.15) is 24.1 Å². The van der Waals surface area contributed by atoms with E-state index in [2.05, 4.69) is 11.6 Å². The van der Waals surface area contributed by atoms with Crippen LogP contribution in [0, 0.1) is 5.82 Å². The Balaban J connectivity index is 2.85. The molecule has 0 aliphatic carbocycles. The van der Waals surface area contributed by atoms with Crippen LogP contribution in [0.25, 0.3) is 10.9 Å². The highest BCUT2D eigenvalue weighted by molar-refractivity contribution is 5.86. The van der Waals surface area contributed by atoms with Gasteiger partial charge < -0.3 is 10.7 Å². The second-order valence-electron chi connectivity index (χ2n) is 4.51. The summed E-state index contributed by atoms with van der Waals surface area (Å²) in [4.78, 5) is 26.9. The Labute approximate surface area is 115 Å². The quantitative estimate of drug-likeness (QED) is 0.836. The summed E-state index contributed by atoms with van der Waals surface area (Å²) >= 11 is 0. The van der Waals surface area contributed by atoms with Crippen molar-refractivity contribution >= 4 is 16.8 Å². The minimum absolute atomic E-state index is 0.262. The number of carbonyl (C=O) groups is 1. The molecule has 3 N–H and O–H groups in total. The van der Waals surface area contributed by atoms with E-state index in [1.54, 1.807) is 6.92 Å². The molecule has 4 nitrogen and oxygen atoms in total. The second-order valence-corrected chi connectivity index (χ2v) is 4.51. The fourth-order valence-electron chi connectivity index (χ4n) is 2.31. The molecule has 1 aromatic heterocycles. The molecule has 2 rings (SSSR count). The number of primary amides is 1. The van der Waals surface area contributed by atoms with E-state index < -0.39 is 17.6 Å². The van der Waals surface area contributed by atoms with Crippen molar-refractivity contribution in [1.29, 1.82) is 0 Å². The number of benzene rings is 1. The zero-order chi connectivity index (χ0) is 14.9. The van der Waals surface area contributed by atoms with Gasteiger partial charge in [0.25, 0.3) is 0 Å². The third-order valence-electron chi connectivity index (χ3n) is 3.30. The van der Waals surface area contributed by atoms with Gasteiger partial charge in [0.05, 0.1) is 5.92 Å². The van der Waals surface area contributed by atoms with E-state index in [-0.39, 0.29) is 10.8 Å². The maximum Gasteiger partial charge on any atom is 0.230 e. The van der Waals surface area contributed by atoms with Gasteiger partial charge in [0.2, 0.25) is 5.91 Å². The third-order valence-corrected chi connectivity index (χ3v) is 3.30. The largest absolute Gasteiger partial charge is 0.369 e. The SMILES string of the molecule is C=CC(C(N)=O)c1[nH]c2ccc(F)cc2c(=O)c1CC. The lowest BCUT2D eigenvalue weighted by Gasteiger charge is -2.14. The van der Waals surface area contributed by atoms with Crippen LogP contribution < -0.4 is 11.2 Å². The Morgan fingerprint density at radius 3 is 2.80 bits per heavy atom. The maximum atomic E-state index is 13.3. The van der Waals surface area contributed by atoms with Gasteiger partial charge in [-0.1, -0.05) is 13.0 Å². The summed E-state index contributed by atoms with van der Waals surface area (Å²) in [5.74, 6) is -1.84. The van der Waals surface area contributed by atoms with Crippen molar-refractivity contribution in [3.05, 3.63) is 58.2 Å². The molecule has 5 heteroatoms. The number of nitrogens with one attached hydrogen (secondary N) is 1. The maximum absolute atomic E-state index is 13.3. The van der Waals surface area contributed by atoms with E-state index in [4.69, 9.17) is 5.73 Å². The van der Waals surface area contributed by atoms with E-state index in [1.807, 2.05) is 0 Å². The van der Waals surface area contributed by atoms with Gasteiger partial charge in [-0.3, -0.25) is 9.59 Å². The molecule has 0 aliphatic heterocycles. The van der Waals surface area contributed by atoms with Crippen LogP contribution in [-0.4, -0.2) is 10.9 Å². The minimum atomic E-state index is -0.771. The highest BCUT2D eigenvalue weighted by Gasteiger charge is 2.21. The molecule has 0 fully saturated rings. The fourth-order valence-corrected chi connectivity index (χ4v) is 2.31. The molecule has 1 unspecified atom stereocenters. The topological polar surface area (TPSA) is 76.0 Å². The molecule has 0 saturated carbocycles. The van der Waals surface area contributed by atoms with Crippen molar-refractivity contribution in [3.63, 3.8) is 0 Å². The fraction of sp³-hybridized carbons (Fsp3) is 0.200. The second kappa shape index (κ2) is 5.28. The highest BCUT2D eigenvalue weighted by Crippen LogP contribution is 2.21. The number of halogens is 1. The van der Waals surface area contributed by atoms with Gasteiger partial charge >= 0.3 is 0 Å². The normalized spacial score (nSPS) is 12.3. The van der Waals surface area contributed by atoms with Crippen molar-refractivity contribution in [3.8, 4) is 0 Å². The standard InChI is InChI=1S/C15H15FN2O2/c1-3-9-13(10(4-2)15(17)20)18-12-6-5-8(16)7-11(12)14(9)19/h4-7,10H,2-3H2,1H3,(H2,17,20)(H,18,19). The molecule has 0 spiro atoms. The Bertz CT molecular complexity index is 749. The van der Waals surface area contributed by atoms with Crippen LogP contribution in [-0.2, 0) is 11.2 Å². The van der Waals surface area contributed by atoms with E-state index in [0.29, 0.717) is 23.2 Å². The van der Waals surface area contributed by atoms with E-state index >= 15 is 0 Å². The molecule has 1 amide bonds. The zero-order valence-electron chi connectivity index (χ0n) is 11.1. The summed E-state index contributed by atoms with van der Waals surface area (Å²) in [6.07, 6.45) is 1.80. The Morgan fingerprint density at radius 2 is 2.25 bits per heavy atom. The lowest BCUT2D eigenvalue weighted by atomic mass is 9.96. The van der Waals surface area contributed by atoms with Crippen molar-refractivity contribution < 1.29 is 9.18 Å². The minimum Gasteiger partial charge on any atom is -0.369 e. The highest BCUT2D eigenvalue weighted by atomic mass is 19.1. The van der Waals surface area contributed by atoms with E-state index in [1.165, 1.54) is 24.3 Å². The molecular weight excluding hydrogens is 259 g/mol. The van der Waals surface area contributed by atoms with Gasteiger partial charge in [-0.15, -0.1) is 6.58 Å². The zero-order valence-corrected chi connectivity index (χ0v) is 11.1. The molecule has 1 aromatic carbocycles. The number of nitrogens with two attached hydrogens (primary N) is 1. The molecule has 1 atom stereocenters. The molecule has 20 heavy (non-hydrogen) atoms. The first-order valence-electron chi connectivity index (χ1n) is 6.25. The summed E-state index contributed by atoms with van der Waals surface area (Å²) in [6, 6.07) is 3.90. The third kappa shape index (κ3) is 2.22. The molecule has 0 saturated heterocycles. The number of fused-ring (bicyclic) bond motifs is 1. The molecule has 2 aromatic rings. The number of hydrogen-bond donors (Lipinski definition) is 2. The lowest BCUT2D eigenvalue weighted by Crippen LogP contribution is -2.25. The number of rotatable bonds is 4. The van der Waals surface area contributed by atoms with Gasteiger partial charge in [0, 0.05) is 22.2 Å². The molecular formula is C15H15FN2O2. The average Bonchev–Trinajstić information content (AvgIpc) is 2.40. The Kier molecular flexibility index (Phi) is 3.70. The van der Waals surface area contributed by atoms with Crippen LogP contribution in [0.15, 0.2) is 35.6 Å². The number of aromatic amines is 1. The number of aromatic nitrogens is 1. The average molecular weight is 274 g/mol. The van der Waals surface area contributed by atoms with Crippen molar-refractivity contribution in [2.75, 3.05) is 0 Å². The molecule has 1 heterocycles. The first-order valence-corrected chi connectivity index (χ1v) is 6.25. The number of pyridine rings is 1. The monoisotopic (exact) mass is 274 g/mol. The summed E-state index contributed by atoms with van der Waals surface area (Å²) in [5, 5.41) is 0.262. The number of carbonyl (C=O) groups excluding carboxylic acids is 1. The van der Waals surface area contributed by atoms with Crippen LogP contribution in [0.4, 0.5) is 4.39 Å². The van der Waals surface area contributed by atoms with Crippen molar-refractivity contribution in [2.45, 2.75) is 19.3 Å². The summed E-state index contributed by atoms with van der Waals surface area (Å²) in [7, 11) is 0.